The number of carbonyl (C=O) groups excluding carboxylic acids is 4. The normalized spacial score (nSPS) is 21.5. The van der Waals surface area contributed by atoms with E-state index in [1.54, 1.807) is 24.3 Å². The van der Waals surface area contributed by atoms with Gasteiger partial charge in [0.1, 0.15) is 6.04 Å². The maximum absolute atomic E-state index is 13.3. The van der Waals surface area contributed by atoms with E-state index in [9.17, 15) is 19.2 Å². The van der Waals surface area contributed by atoms with Crippen molar-refractivity contribution < 1.29 is 19.2 Å². The van der Waals surface area contributed by atoms with Gasteiger partial charge >= 0.3 is 0 Å². The Kier molecular flexibility index (Phi) is 9.07. The van der Waals surface area contributed by atoms with Gasteiger partial charge in [0.25, 0.3) is 11.8 Å². The van der Waals surface area contributed by atoms with E-state index in [2.05, 4.69) is 34.8 Å². The fraction of sp³-hybridized carbons (Fsp3) is 0.400. The third kappa shape index (κ3) is 6.19. The van der Waals surface area contributed by atoms with E-state index in [0.717, 1.165) is 35.7 Å². The fourth-order valence-electron chi connectivity index (χ4n) is 5.19. The lowest BCUT2D eigenvalue weighted by molar-refractivity contribution is -0.136. The zero-order chi connectivity index (χ0) is 27.1. The third-order valence-corrected chi connectivity index (χ3v) is 7.34. The average molecular weight is 517 g/mol. The van der Waals surface area contributed by atoms with Crippen molar-refractivity contribution in [2.75, 3.05) is 31.5 Å². The Bertz CT molecular complexity index is 1190. The summed E-state index contributed by atoms with van der Waals surface area (Å²) < 4.78 is 0. The number of nitrogens with one attached hydrogen (secondary N) is 2. The van der Waals surface area contributed by atoms with E-state index in [1.165, 1.54) is 32.1 Å². The van der Waals surface area contributed by atoms with Gasteiger partial charge in [-0.2, -0.15) is 0 Å². The van der Waals surface area contributed by atoms with Crippen LogP contribution in [0.2, 0.25) is 0 Å². The number of imide groups is 2. The molecule has 2 saturated heterocycles. The van der Waals surface area contributed by atoms with Gasteiger partial charge in [-0.05, 0) is 55.6 Å². The molecule has 0 spiro atoms. The first-order valence-electron chi connectivity index (χ1n) is 13.4. The van der Waals surface area contributed by atoms with Gasteiger partial charge in [0, 0.05) is 25.2 Å². The van der Waals surface area contributed by atoms with Crippen LogP contribution in [0.5, 0.6) is 0 Å². The Morgan fingerprint density at radius 2 is 1.63 bits per heavy atom. The van der Waals surface area contributed by atoms with E-state index < -0.39 is 29.7 Å². The number of carbonyl (C=O) groups is 4. The van der Waals surface area contributed by atoms with Gasteiger partial charge in [-0.1, -0.05) is 62.8 Å². The van der Waals surface area contributed by atoms with Crippen molar-refractivity contribution in [3.05, 3.63) is 77.9 Å². The van der Waals surface area contributed by atoms with Crippen LogP contribution in [0, 0.1) is 0 Å². The third-order valence-electron chi connectivity index (χ3n) is 7.34. The molecule has 1 atom stereocenters. The van der Waals surface area contributed by atoms with Gasteiger partial charge < -0.3 is 5.32 Å². The molecule has 0 bridgehead atoms. The number of allylic oxidation sites excluding steroid dienone is 2. The van der Waals surface area contributed by atoms with Crippen LogP contribution in [0.15, 0.2) is 66.8 Å². The molecule has 4 rings (SSSR count). The standard InChI is InChI=1S/C30H36N4O4/c1-3-21(13-14-22(4-2)20-33-17-8-6-5-7-9-18-33)19-31-24-12-10-11-23-27(24)30(38)34(29(23)37)25-15-16-26(35)32-28(25)36/h3-4,10-14,25,31H,1-2,5-9,15-20H2,(H,32,35,36)/b21-13+,22-14+/t25-/m1/s1. The number of hydrogen-bond donors (Lipinski definition) is 2. The second-order valence-electron chi connectivity index (χ2n) is 9.96. The summed E-state index contributed by atoms with van der Waals surface area (Å²) in [6, 6.07) is 4.04. The van der Waals surface area contributed by atoms with Gasteiger partial charge in [0.2, 0.25) is 11.8 Å². The van der Waals surface area contributed by atoms with E-state index >= 15 is 0 Å². The molecule has 3 aliphatic rings. The lowest BCUT2D eigenvalue weighted by atomic mass is 10.0. The Morgan fingerprint density at radius 1 is 0.947 bits per heavy atom. The summed E-state index contributed by atoms with van der Waals surface area (Å²) in [5.74, 6) is -2.08. The first-order chi connectivity index (χ1) is 18.4. The van der Waals surface area contributed by atoms with E-state index in [4.69, 9.17) is 0 Å². The minimum Gasteiger partial charge on any atom is -0.380 e. The minimum atomic E-state index is -0.993. The average Bonchev–Trinajstić information content (AvgIpc) is 3.14. The van der Waals surface area contributed by atoms with Crippen molar-refractivity contribution in [2.24, 2.45) is 0 Å². The number of piperidine rings is 1. The number of fused-ring (bicyclic) bond motifs is 1. The molecule has 0 aliphatic carbocycles. The van der Waals surface area contributed by atoms with Crippen LogP contribution in [-0.4, -0.2) is 65.6 Å². The molecular weight excluding hydrogens is 480 g/mol. The van der Waals surface area contributed by atoms with Crippen LogP contribution in [0.25, 0.3) is 0 Å². The van der Waals surface area contributed by atoms with Crippen LogP contribution in [0.4, 0.5) is 5.69 Å². The Morgan fingerprint density at radius 3 is 2.32 bits per heavy atom. The Labute approximate surface area is 224 Å². The van der Waals surface area contributed by atoms with E-state index in [0.29, 0.717) is 12.2 Å². The molecule has 2 fully saturated rings. The SMILES string of the molecule is C=C/C(=C\C=C(/C=C)CN1CCCCCCC1)CNc1cccc2c1C(=O)N([C@@H]1CCC(=O)NC1=O)C2=O. The Hall–Kier alpha value is -3.78. The van der Waals surface area contributed by atoms with Crippen molar-refractivity contribution in [2.45, 2.75) is 51.0 Å². The molecule has 1 aromatic carbocycles. The van der Waals surface area contributed by atoms with Gasteiger partial charge in [0.05, 0.1) is 11.1 Å². The van der Waals surface area contributed by atoms with E-state index in [-0.39, 0.29) is 24.0 Å². The summed E-state index contributed by atoms with van der Waals surface area (Å²) in [6.07, 6.45) is 14.3. The summed E-state index contributed by atoms with van der Waals surface area (Å²) >= 11 is 0. The van der Waals surface area contributed by atoms with Crippen LogP contribution in [0.1, 0.15) is 65.7 Å². The van der Waals surface area contributed by atoms with Crippen molar-refractivity contribution >= 4 is 29.3 Å². The van der Waals surface area contributed by atoms with Gasteiger partial charge in [-0.15, -0.1) is 0 Å². The zero-order valence-corrected chi connectivity index (χ0v) is 21.8. The summed E-state index contributed by atoms with van der Waals surface area (Å²) in [7, 11) is 0. The molecule has 8 heteroatoms. The van der Waals surface area contributed by atoms with Crippen molar-refractivity contribution in [3.63, 3.8) is 0 Å². The smallest absolute Gasteiger partial charge is 0.264 e. The maximum atomic E-state index is 13.3. The highest BCUT2D eigenvalue weighted by atomic mass is 16.2. The molecule has 38 heavy (non-hydrogen) atoms. The summed E-state index contributed by atoms with van der Waals surface area (Å²) in [4.78, 5) is 53.7. The quantitative estimate of drug-likeness (QED) is 0.380. The monoisotopic (exact) mass is 516 g/mol. The molecule has 3 heterocycles. The Balaban J connectivity index is 1.45. The second kappa shape index (κ2) is 12.6. The summed E-state index contributed by atoms with van der Waals surface area (Å²) in [5, 5.41) is 5.49. The predicted octanol–water partition coefficient (Wildman–Crippen LogP) is 3.99. The molecule has 0 unspecified atom stereocenters. The number of rotatable bonds is 9. The van der Waals surface area contributed by atoms with Crippen molar-refractivity contribution in [1.82, 2.24) is 15.1 Å². The number of likely N-dealkylation sites (tertiary alicyclic amines) is 1. The van der Waals surface area contributed by atoms with Gasteiger partial charge in [-0.25, -0.2) is 0 Å². The first-order valence-corrected chi connectivity index (χ1v) is 13.4. The minimum absolute atomic E-state index is 0.0837. The number of benzene rings is 1. The largest absolute Gasteiger partial charge is 0.380 e. The molecule has 8 nitrogen and oxygen atoms in total. The topological polar surface area (TPSA) is 98.8 Å². The van der Waals surface area contributed by atoms with Gasteiger partial charge in [-0.3, -0.25) is 34.3 Å². The summed E-state index contributed by atoms with van der Waals surface area (Å²) in [5.41, 5.74) is 3.04. The molecular formula is C30H36N4O4. The number of amides is 4. The van der Waals surface area contributed by atoms with Crippen LogP contribution in [-0.2, 0) is 9.59 Å². The van der Waals surface area contributed by atoms with Crippen molar-refractivity contribution in [3.8, 4) is 0 Å². The molecule has 0 saturated carbocycles. The second-order valence-corrected chi connectivity index (χ2v) is 9.96. The maximum Gasteiger partial charge on any atom is 0.264 e. The van der Waals surface area contributed by atoms with Crippen LogP contribution in [0.3, 0.4) is 0 Å². The molecule has 3 aliphatic heterocycles. The van der Waals surface area contributed by atoms with Crippen LogP contribution >= 0.6 is 0 Å². The zero-order valence-electron chi connectivity index (χ0n) is 21.8. The summed E-state index contributed by atoms with van der Waals surface area (Å²) in [6.45, 7) is 11.4. The molecule has 4 amide bonds. The predicted molar refractivity (Wildman–Crippen MR) is 148 cm³/mol. The van der Waals surface area contributed by atoms with Crippen molar-refractivity contribution in [1.29, 1.82) is 0 Å². The molecule has 0 radical (unpaired) electrons. The number of hydrogen-bond acceptors (Lipinski definition) is 6. The number of nitrogens with zero attached hydrogens (tertiary/aromatic N) is 2. The fourth-order valence-corrected chi connectivity index (χ4v) is 5.19. The highest BCUT2D eigenvalue weighted by molar-refractivity contribution is 6.25. The van der Waals surface area contributed by atoms with Crippen LogP contribution < -0.4 is 10.6 Å². The number of anilines is 1. The molecule has 200 valence electrons. The molecule has 0 aromatic heterocycles. The lowest BCUT2D eigenvalue weighted by Gasteiger charge is -2.27. The lowest BCUT2D eigenvalue weighted by Crippen LogP contribution is -2.54. The molecule has 2 N–H and O–H groups in total. The molecule has 1 aromatic rings. The first kappa shape index (κ1) is 27.3. The highest BCUT2D eigenvalue weighted by Crippen LogP contribution is 2.32. The highest BCUT2D eigenvalue weighted by Gasteiger charge is 2.45. The van der Waals surface area contributed by atoms with Gasteiger partial charge in [0.15, 0.2) is 0 Å². The van der Waals surface area contributed by atoms with E-state index in [1.807, 2.05) is 12.2 Å².